The summed E-state index contributed by atoms with van der Waals surface area (Å²) >= 11 is 6.59. The lowest BCUT2D eigenvalue weighted by Gasteiger charge is -2.39. The Labute approximate surface area is 297 Å². The number of fused-ring (bicyclic) bond motifs is 7. The molecule has 2 fully saturated rings. The number of benzene rings is 5. The van der Waals surface area contributed by atoms with Gasteiger partial charge in [-0.15, -0.1) is 0 Å². The van der Waals surface area contributed by atoms with E-state index in [4.69, 9.17) is 30.5 Å². The number of nitrogens with zero attached hydrogens (tertiary/aromatic N) is 1. The molecule has 3 aliphatic heterocycles. The molecule has 5 aromatic carbocycles. The lowest BCUT2D eigenvalue weighted by Crippen LogP contribution is -2.45. The molecule has 2 aliphatic carbocycles. The van der Waals surface area contributed by atoms with Crippen LogP contribution in [0.4, 0.5) is 5.69 Å². The molecule has 1 saturated carbocycles. The second-order valence-corrected chi connectivity index (χ2v) is 13.9. The summed E-state index contributed by atoms with van der Waals surface area (Å²) in [5, 5.41) is 0.431. The number of halogens is 1. The fourth-order valence-electron chi connectivity index (χ4n) is 9.20. The van der Waals surface area contributed by atoms with Crippen LogP contribution in [0.3, 0.4) is 0 Å². The second kappa shape index (κ2) is 10.6. The molecule has 250 valence electrons. The van der Waals surface area contributed by atoms with E-state index in [2.05, 4.69) is 0 Å². The topological polar surface area (TPSA) is 91.4 Å². The third-order valence-electron chi connectivity index (χ3n) is 11.2. The van der Waals surface area contributed by atoms with Crippen LogP contribution in [0.15, 0.2) is 115 Å². The van der Waals surface area contributed by atoms with Crippen LogP contribution >= 0.6 is 11.6 Å². The Kier molecular flexibility index (Phi) is 6.22. The highest BCUT2D eigenvalue weighted by Crippen LogP contribution is 2.74. The summed E-state index contributed by atoms with van der Waals surface area (Å²) in [6, 6.07) is 35.1. The predicted molar refractivity (Wildman–Crippen MR) is 189 cm³/mol. The van der Waals surface area contributed by atoms with Gasteiger partial charge in [-0.3, -0.25) is 14.4 Å². The van der Waals surface area contributed by atoms with Crippen LogP contribution in [-0.2, 0) is 25.2 Å². The van der Waals surface area contributed by atoms with Crippen LogP contribution in [0.1, 0.15) is 27.8 Å². The molecule has 4 atom stereocenters. The zero-order valence-electron chi connectivity index (χ0n) is 27.2. The summed E-state index contributed by atoms with van der Waals surface area (Å²) in [4.78, 5) is 47.9. The first-order chi connectivity index (χ1) is 24.9. The van der Waals surface area contributed by atoms with E-state index >= 15 is 14.4 Å². The maximum atomic E-state index is 16.2. The smallest absolute Gasteiger partial charge is 0.239 e. The largest absolute Gasteiger partial charge is 0.454 e. The average Bonchev–Trinajstić information content (AvgIpc) is 3.96. The van der Waals surface area contributed by atoms with Gasteiger partial charge in [0.2, 0.25) is 25.4 Å². The molecule has 9 heteroatoms. The van der Waals surface area contributed by atoms with Crippen molar-refractivity contribution in [1.82, 2.24) is 0 Å². The maximum absolute atomic E-state index is 16.2. The molecule has 0 unspecified atom stereocenters. The molecule has 5 aromatic rings. The molecule has 0 N–H and O–H groups in total. The number of anilines is 1. The molecule has 0 radical (unpaired) electrons. The third kappa shape index (κ3) is 3.72. The van der Waals surface area contributed by atoms with Gasteiger partial charge in [-0.25, -0.2) is 4.90 Å². The zero-order chi connectivity index (χ0) is 34.6. The highest BCUT2D eigenvalue weighted by molar-refractivity contribution is 6.39. The molecule has 0 aromatic heterocycles. The Morgan fingerprint density at radius 1 is 0.588 bits per heavy atom. The number of ketones is 1. The fraction of sp³-hybridized carbons (Fsp3) is 0.167. The van der Waals surface area contributed by atoms with E-state index < -0.39 is 34.5 Å². The lowest BCUT2D eigenvalue weighted by atomic mass is 9.59. The Balaban J connectivity index is 1.36. The van der Waals surface area contributed by atoms with Gasteiger partial charge in [0.1, 0.15) is 0 Å². The van der Waals surface area contributed by atoms with Gasteiger partial charge < -0.3 is 18.9 Å². The Morgan fingerprint density at radius 3 is 1.53 bits per heavy atom. The van der Waals surface area contributed by atoms with Crippen molar-refractivity contribution in [2.45, 2.75) is 17.8 Å². The summed E-state index contributed by atoms with van der Waals surface area (Å²) in [6.45, 7) is 1.99. The first-order valence-corrected chi connectivity index (χ1v) is 17.1. The first-order valence-electron chi connectivity index (χ1n) is 16.7. The number of hydrogen-bond acceptors (Lipinski definition) is 7. The zero-order valence-corrected chi connectivity index (χ0v) is 28.0. The predicted octanol–water partition coefficient (Wildman–Crippen LogP) is 7.29. The number of aryl methyl sites for hydroxylation is 1. The van der Waals surface area contributed by atoms with Crippen LogP contribution in [0, 0.1) is 18.8 Å². The van der Waals surface area contributed by atoms with E-state index in [1.54, 1.807) is 18.2 Å². The number of allylic oxidation sites excluding steroid dienone is 2. The molecule has 10 rings (SSSR count). The Hall–Kier alpha value is -5.86. The summed E-state index contributed by atoms with van der Waals surface area (Å²) in [6.07, 6.45) is 0. The SMILES string of the molecule is Cc1ccc(N2C(=O)[C@@H]3[C@@H](C2=O)[C@@]2(c4ccccc4)C(=O)[C@@]3(c3ccccc3)C(c3ccc4c(c3)OCO4)=C2c2ccc3c(c2)OCO3)cc1Cl. The number of carbonyl (C=O) groups excluding carboxylic acids is 3. The van der Waals surface area contributed by atoms with Crippen molar-refractivity contribution in [3.63, 3.8) is 0 Å². The third-order valence-corrected chi connectivity index (χ3v) is 11.6. The highest BCUT2D eigenvalue weighted by atomic mass is 35.5. The van der Waals surface area contributed by atoms with Gasteiger partial charge in [-0.2, -0.15) is 0 Å². The summed E-state index contributed by atoms with van der Waals surface area (Å²) in [5.41, 5.74) is 1.86. The molecular weight excluding hydrogens is 666 g/mol. The summed E-state index contributed by atoms with van der Waals surface area (Å²) in [5.74, 6) is -1.10. The van der Waals surface area contributed by atoms with E-state index in [9.17, 15) is 0 Å². The molecule has 8 nitrogen and oxygen atoms in total. The fourth-order valence-corrected chi connectivity index (χ4v) is 9.38. The van der Waals surface area contributed by atoms with Crippen molar-refractivity contribution in [1.29, 1.82) is 0 Å². The first kappa shape index (κ1) is 30.0. The molecule has 2 bridgehead atoms. The van der Waals surface area contributed by atoms with Gasteiger partial charge in [0, 0.05) is 5.02 Å². The number of rotatable bonds is 5. The van der Waals surface area contributed by atoms with Crippen molar-refractivity contribution in [3.05, 3.63) is 148 Å². The van der Waals surface area contributed by atoms with Crippen molar-refractivity contribution < 1.29 is 33.3 Å². The minimum atomic E-state index is -1.59. The van der Waals surface area contributed by atoms with E-state index in [0.717, 1.165) is 5.56 Å². The molecular formula is C42H28ClNO7. The van der Waals surface area contributed by atoms with Gasteiger partial charge in [0.05, 0.1) is 28.4 Å². The highest BCUT2D eigenvalue weighted by Gasteiger charge is 2.82. The van der Waals surface area contributed by atoms with Gasteiger partial charge in [0.25, 0.3) is 0 Å². The van der Waals surface area contributed by atoms with Crippen molar-refractivity contribution in [3.8, 4) is 23.0 Å². The van der Waals surface area contributed by atoms with Crippen molar-refractivity contribution >= 4 is 46.0 Å². The monoisotopic (exact) mass is 693 g/mol. The van der Waals surface area contributed by atoms with Gasteiger partial charge in [0.15, 0.2) is 28.8 Å². The van der Waals surface area contributed by atoms with E-state index in [1.807, 2.05) is 104 Å². The summed E-state index contributed by atoms with van der Waals surface area (Å²) in [7, 11) is 0. The maximum Gasteiger partial charge on any atom is 0.239 e. The standard InChI is InChI=1S/C42H28ClNO7/c1-23-12-15-28(20-29(23)43)44-38(45)36-37(39(44)46)42(27-10-6-3-7-11-27)35(25-14-17-31-33(19-25)51-22-49-31)34(24-13-16-30-32(18-24)50-21-48-30)41(36,40(42)47)26-8-4-2-5-9-26/h2-20,36-37H,21-22H2,1H3/t36-,37-,41-,42-/m0/s1. The molecule has 3 heterocycles. The molecule has 2 amide bonds. The van der Waals surface area contributed by atoms with Crippen LogP contribution in [-0.4, -0.2) is 31.2 Å². The number of amides is 2. The normalized spacial score (nSPS) is 25.3. The van der Waals surface area contributed by atoms with E-state index in [1.165, 1.54) is 4.90 Å². The van der Waals surface area contributed by atoms with Crippen LogP contribution in [0.25, 0.3) is 11.1 Å². The number of imide groups is 1. The van der Waals surface area contributed by atoms with Gasteiger partial charge >= 0.3 is 0 Å². The number of Topliss-reactive ketones (excluding diaryl/α,β-unsaturated/α-hetero) is 1. The number of carbonyl (C=O) groups is 3. The Morgan fingerprint density at radius 2 is 1.06 bits per heavy atom. The minimum Gasteiger partial charge on any atom is -0.454 e. The molecule has 0 spiro atoms. The summed E-state index contributed by atoms with van der Waals surface area (Å²) < 4.78 is 23.1. The molecule has 1 saturated heterocycles. The van der Waals surface area contributed by atoms with Crippen LogP contribution in [0.5, 0.6) is 23.0 Å². The lowest BCUT2D eigenvalue weighted by molar-refractivity contribution is -0.130. The van der Waals surface area contributed by atoms with E-state index in [-0.39, 0.29) is 19.4 Å². The van der Waals surface area contributed by atoms with Crippen LogP contribution < -0.4 is 23.8 Å². The van der Waals surface area contributed by atoms with Crippen molar-refractivity contribution in [2.75, 3.05) is 18.5 Å². The van der Waals surface area contributed by atoms with Crippen molar-refractivity contribution in [2.24, 2.45) is 11.8 Å². The number of hydrogen-bond donors (Lipinski definition) is 0. The molecule has 51 heavy (non-hydrogen) atoms. The molecule has 5 aliphatic rings. The van der Waals surface area contributed by atoms with Gasteiger partial charge in [-0.05, 0) is 82.3 Å². The van der Waals surface area contributed by atoms with Gasteiger partial charge in [-0.1, -0.05) is 90.5 Å². The quantitative estimate of drug-likeness (QED) is 0.179. The average molecular weight is 694 g/mol. The van der Waals surface area contributed by atoms with E-state index in [0.29, 0.717) is 67.1 Å². The number of ether oxygens (including phenoxy) is 4. The minimum absolute atomic E-state index is 0.0648. The van der Waals surface area contributed by atoms with Crippen LogP contribution in [0.2, 0.25) is 5.02 Å². The second-order valence-electron chi connectivity index (χ2n) is 13.5. The Bertz CT molecular complexity index is 2250.